The van der Waals surface area contributed by atoms with Gasteiger partial charge in [0.15, 0.2) is 9.76 Å². The van der Waals surface area contributed by atoms with E-state index in [1.165, 1.54) is 11.1 Å². The standard InChI is InChI=1S/C16H26O2Si/c1-5-13-10-8-9-11-15(13)16(7-3)18-19-14(6-2)12-17-4/h5,8-11,14,16H,1,6-7,12,19H2,2-4H3. The first kappa shape index (κ1) is 16.2. The number of methoxy groups -OCH3 is 1. The van der Waals surface area contributed by atoms with Crippen molar-refractivity contribution in [2.24, 2.45) is 0 Å². The molecule has 2 nitrogen and oxygen atoms in total. The first-order valence-electron chi connectivity index (χ1n) is 7.08. The molecule has 106 valence electrons. The topological polar surface area (TPSA) is 18.5 Å². The predicted molar refractivity (Wildman–Crippen MR) is 85.1 cm³/mol. The third-order valence-corrected chi connectivity index (χ3v) is 5.33. The van der Waals surface area contributed by atoms with Gasteiger partial charge in [0.2, 0.25) is 0 Å². The van der Waals surface area contributed by atoms with E-state index >= 15 is 0 Å². The van der Waals surface area contributed by atoms with E-state index in [0.717, 1.165) is 19.4 Å². The van der Waals surface area contributed by atoms with Crippen molar-refractivity contribution in [1.82, 2.24) is 0 Å². The monoisotopic (exact) mass is 278 g/mol. The molecule has 0 radical (unpaired) electrons. The van der Waals surface area contributed by atoms with Gasteiger partial charge in [-0.3, -0.25) is 0 Å². The number of benzene rings is 1. The fraction of sp³-hybridized carbons (Fsp3) is 0.500. The second kappa shape index (κ2) is 9.07. The highest BCUT2D eigenvalue weighted by Gasteiger charge is 2.15. The zero-order valence-corrected chi connectivity index (χ0v) is 13.8. The van der Waals surface area contributed by atoms with Crippen molar-refractivity contribution < 1.29 is 9.16 Å². The maximum Gasteiger partial charge on any atom is 0.167 e. The van der Waals surface area contributed by atoms with Crippen LogP contribution in [0.1, 0.15) is 43.9 Å². The van der Waals surface area contributed by atoms with Crippen LogP contribution in [0, 0.1) is 0 Å². The van der Waals surface area contributed by atoms with Gasteiger partial charge in [-0.1, -0.05) is 57.2 Å². The molecule has 0 aromatic heterocycles. The lowest BCUT2D eigenvalue weighted by atomic mass is 10.0. The summed E-state index contributed by atoms with van der Waals surface area (Å²) in [4.78, 5) is 0. The van der Waals surface area contributed by atoms with Crippen LogP contribution >= 0.6 is 0 Å². The number of rotatable bonds is 9. The van der Waals surface area contributed by atoms with Crippen LogP contribution in [0.25, 0.3) is 6.08 Å². The van der Waals surface area contributed by atoms with Crippen LogP contribution in [0.15, 0.2) is 30.8 Å². The summed E-state index contributed by atoms with van der Waals surface area (Å²) < 4.78 is 11.5. The maximum atomic E-state index is 6.24. The Labute approximate surface area is 119 Å². The van der Waals surface area contributed by atoms with E-state index in [-0.39, 0.29) is 6.10 Å². The third-order valence-electron chi connectivity index (χ3n) is 3.45. The van der Waals surface area contributed by atoms with Gasteiger partial charge in [0, 0.05) is 13.7 Å². The van der Waals surface area contributed by atoms with Crippen LogP contribution in [-0.4, -0.2) is 23.5 Å². The van der Waals surface area contributed by atoms with Gasteiger partial charge in [0.05, 0.1) is 6.10 Å². The summed E-state index contributed by atoms with van der Waals surface area (Å²) in [6.45, 7) is 9.09. The van der Waals surface area contributed by atoms with E-state index in [1.807, 2.05) is 12.1 Å². The van der Waals surface area contributed by atoms with E-state index in [2.05, 4.69) is 38.6 Å². The molecule has 2 unspecified atom stereocenters. The SMILES string of the molecule is C=Cc1ccccc1C(CC)O[SiH2]C(CC)COC. The van der Waals surface area contributed by atoms with Gasteiger partial charge in [0.25, 0.3) is 0 Å². The van der Waals surface area contributed by atoms with Gasteiger partial charge in [-0.2, -0.15) is 0 Å². The van der Waals surface area contributed by atoms with E-state index in [4.69, 9.17) is 9.16 Å². The van der Waals surface area contributed by atoms with E-state index in [0.29, 0.717) is 5.54 Å². The predicted octanol–water partition coefficient (Wildman–Crippen LogP) is 3.73. The van der Waals surface area contributed by atoms with Crippen LogP contribution in [0.5, 0.6) is 0 Å². The van der Waals surface area contributed by atoms with Crippen molar-refractivity contribution in [3.8, 4) is 0 Å². The first-order chi connectivity index (χ1) is 9.26. The molecule has 1 aromatic carbocycles. The molecule has 19 heavy (non-hydrogen) atoms. The molecular weight excluding hydrogens is 252 g/mol. The van der Waals surface area contributed by atoms with Gasteiger partial charge in [0.1, 0.15) is 0 Å². The lowest BCUT2D eigenvalue weighted by Crippen LogP contribution is -2.16. The summed E-state index contributed by atoms with van der Waals surface area (Å²) in [5.74, 6) is 0. The molecule has 0 saturated carbocycles. The molecule has 0 heterocycles. The average molecular weight is 278 g/mol. The highest BCUT2D eigenvalue weighted by molar-refractivity contribution is 6.29. The van der Waals surface area contributed by atoms with Gasteiger partial charge in [-0.05, 0) is 23.1 Å². The molecule has 1 rings (SSSR count). The molecule has 0 spiro atoms. The minimum absolute atomic E-state index is 0.201. The highest BCUT2D eigenvalue weighted by atomic mass is 28.2. The molecule has 3 heteroatoms. The Balaban J connectivity index is 2.69. The molecule has 0 bridgehead atoms. The highest BCUT2D eigenvalue weighted by Crippen LogP contribution is 2.26. The van der Waals surface area contributed by atoms with Crippen LogP contribution in [0.2, 0.25) is 5.54 Å². The molecule has 0 fully saturated rings. The van der Waals surface area contributed by atoms with Crippen LogP contribution in [0.3, 0.4) is 0 Å². The second-order valence-corrected chi connectivity index (χ2v) is 6.61. The van der Waals surface area contributed by atoms with E-state index in [9.17, 15) is 0 Å². The van der Waals surface area contributed by atoms with E-state index in [1.54, 1.807) is 7.11 Å². The molecule has 0 N–H and O–H groups in total. The summed E-state index contributed by atoms with van der Waals surface area (Å²) in [7, 11) is 1.19. The zero-order chi connectivity index (χ0) is 14.1. The summed E-state index contributed by atoms with van der Waals surface area (Å²) in [6, 6.07) is 8.37. The fourth-order valence-electron chi connectivity index (χ4n) is 2.19. The number of ether oxygens (including phenoxy) is 1. The molecule has 0 aliphatic heterocycles. The van der Waals surface area contributed by atoms with Crippen molar-refractivity contribution in [3.63, 3.8) is 0 Å². The Bertz CT molecular complexity index is 379. The van der Waals surface area contributed by atoms with Crippen molar-refractivity contribution in [1.29, 1.82) is 0 Å². The van der Waals surface area contributed by atoms with Crippen LogP contribution in [0.4, 0.5) is 0 Å². The smallest absolute Gasteiger partial charge is 0.167 e. The van der Waals surface area contributed by atoms with Gasteiger partial charge < -0.3 is 9.16 Å². The summed E-state index contributed by atoms with van der Waals surface area (Å²) in [6.07, 6.45) is 4.25. The second-order valence-electron chi connectivity index (χ2n) is 4.79. The Kier molecular flexibility index (Phi) is 7.71. The Hall–Kier alpha value is -0.903. The van der Waals surface area contributed by atoms with Crippen molar-refractivity contribution in [2.75, 3.05) is 13.7 Å². The lowest BCUT2D eigenvalue weighted by molar-refractivity contribution is 0.170. The lowest BCUT2D eigenvalue weighted by Gasteiger charge is -2.22. The summed E-state index contributed by atoms with van der Waals surface area (Å²) >= 11 is 0. The fourth-order valence-corrected chi connectivity index (χ4v) is 3.68. The van der Waals surface area contributed by atoms with E-state index < -0.39 is 9.76 Å². The average Bonchev–Trinajstić information content (AvgIpc) is 2.47. The summed E-state index contributed by atoms with van der Waals surface area (Å²) in [5.41, 5.74) is 3.05. The number of hydrogen-bond donors (Lipinski definition) is 0. The zero-order valence-electron chi connectivity index (χ0n) is 12.4. The molecular formula is C16H26O2Si. The Morgan fingerprint density at radius 1 is 1.26 bits per heavy atom. The molecule has 2 atom stereocenters. The normalized spacial score (nSPS) is 14.7. The van der Waals surface area contributed by atoms with Crippen LogP contribution < -0.4 is 0 Å². The molecule has 0 saturated heterocycles. The molecule has 1 aromatic rings. The molecule has 0 aliphatic rings. The van der Waals surface area contributed by atoms with Crippen LogP contribution in [-0.2, 0) is 9.16 Å². The minimum Gasteiger partial charge on any atom is -0.417 e. The van der Waals surface area contributed by atoms with Gasteiger partial charge >= 0.3 is 0 Å². The minimum atomic E-state index is -0.571. The van der Waals surface area contributed by atoms with Gasteiger partial charge in [-0.15, -0.1) is 0 Å². The third kappa shape index (κ3) is 4.94. The van der Waals surface area contributed by atoms with Crippen molar-refractivity contribution >= 4 is 15.8 Å². The largest absolute Gasteiger partial charge is 0.417 e. The molecule has 0 aliphatic carbocycles. The quantitative estimate of drug-likeness (QED) is 0.641. The van der Waals surface area contributed by atoms with Crippen molar-refractivity contribution in [3.05, 3.63) is 42.0 Å². The maximum absolute atomic E-state index is 6.24. The number of hydrogen-bond acceptors (Lipinski definition) is 2. The van der Waals surface area contributed by atoms with Gasteiger partial charge in [-0.25, -0.2) is 0 Å². The Morgan fingerprint density at radius 3 is 2.58 bits per heavy atom. The Morgan fingerprint density at radius 2 is 2.00 bits per heavy atom. The molecule has 0 amide bonds. The summed E-state index contributed by atoms with van der Waals surface area (Å²) in [5, 5.41) is 0. The van der Waals surface area contributed by atoms with Crippen molar-refractivity contribution in [2.45, 2.75) is 38.3 Å². The first-order valence-corrected chi connectivity index (χ1v) is 8.48.